The number of carbonyl (C=O) groups excluding carboxylic acids is 2. The lowest BCUT2D eigenvalue weighted by Crippen LogP contribution is -2.75. The minimum absolute atomic E-state index is 0.0104. The van der Waals surface area contributed by atoms with Crippen molar-refractivity contribution in [3.05, 3.63) is 11.8 Å². The van der Waals surface area contributed by atoms with Crippen LogP contribution < -0.4 is 0 Å². The van der Waals surface area contributed by atoms with Crippen LogP contribution in [0.2, 0.25) is 0 Å². The lowest BCUT2D eigenvalue weighted by Gasteiger charge is -2.63. The standard InChI is InChI=1S/C31H47FN4O5/c1-39-15-12-33-8-10-34(11-9-33)28-24(32)18-22-27-30(28)41-25-7-6-20-4-2-3-5-21(20)26(25)36(27)19-23(29(22)37)31(38)35-13-16-40-17-14-35/h19-22,24-28,30H,2-18H2,1H3. The predicted octanol–water partition coefficient (Wildman–Crippen LogP) is 1.71. The van der Waals surface area contributed by atoms with Gasteiger partial charge in [0.2, 0.25) is 0 Å². The molecule has 0 bridgehead atoms. The van der Waals surface area contributed by atoms with Crippen molar-refractivity contribution in [3.63, 3.8) is 0 Å². The maximum Gasteiger partial charge on any atom is 0.259 e. The van der Waals surface area contributed by atoms with E-state index in [1.54, 1.807) is 12.0 Å². The summed E-state index contributed by atoms with van der Waals surface area (Å²) >= 11 is 0. The lowest BCUT2D eigenvalue weighted by molar-refractivity contribution is -0.228. The highest BCUT2D eigenvalue weighted by atomic mass is 19.1. The number of fused-ring (bicyclic) bond motifs is 4. The summed E-state index contributed by atoms with van der Waals surface area (Å²) < 4.78 is 34.1. The molecule has 6 fully saturated rings. The van der Waals surface area contributed by atoms with Crippen LogP contribution >= 0.6 is 0 Å². The first kappa shape index (κ1) is 28.2. The van der Waals surface area contributed by atoms with Crippen molar-refractivity contribution in [2.45, 2.75) is 81.5 Å². The van der Waals surface area contributed by atoms with Gasteiger partial charge < -0.3 is 24.0 Å². The first-order valence-electron chi connectivity index (χ1n) is 16.2. The molecule has 9 nitrogen and oxygen atoms in total. The number of hydrogen-bond acceptors (Lipinski definition) is 8. The van der Waals surface area contributed by atoms with Gasteiger partial charge in [0.1, 0.15) is 6.17 Å². The zero-order chi connectivity index (χ0) is 28.1. The minimum atomic E-state index is -1.17. The highest BCUT2D eigenvalue weighted by Gasteiger charge is 2.61. The first-order valence-corrected chi connectivity index (χ1v) is 16.2. The third-order valence-corrected chi connectivity index (χ3v) is 11.4. The molecular weight excluding hydrogens is 527 g/mol. The summed E-state index contributed by atoms with van der Waals surface area (Å²) in [5.41, 5.74) is 0.253. The predicted molar refractivity (Wildman–Crippen MR) is 150 cm³/mol. The van der Waals surface area contributed by atoms with Gasteiger partial charge in [-0.2, -0.15) is 0 Å². The van der Waals surface area contributed by atoms with Gasteiger partial charge in [-0.1, -0.05) is 19.3 Å². The summed E-state index contributed by atoms with van der Waals surface area (Å²) in [6.45, 7) is 6.87. The van der Waals surface area contributed by atoms with E-state index >= 15 is 4.39 Å². The number of Topliss-reactive ketones (excluding diaryl/α,β-unsaturated/α-hetero) is 1. The molecule has 3 saturated heterocycles. The van der Waals surface area contributed by atoms with Crippen LogP contribution in [-0.4, -0.2) is 141 Å². The molecule has 4 heterocycles. The number of halogens is 1. The van der Waals surface area contributed by atoms with Crippen molar-refractivity contribution >= 4 is 11.7 Å². The summed E-state index contributed by atoms with van der Waals surface area (Å²) in [4.78, 5) is 36.6. The molecule has 0 spiro atoms. The normalized spacial score (nSPS) is 41.8. The van der Waals surface area contributed by atoms with Gasteiger partial charge >= 0.3 is 0 Å². The van der Waals surface area contributed by atoms with Gasteiger partial charge in [0.05, 0.1) is 55.7 Å². The Hall–Kier alpha value is -1.59. The van der Waals surface area contributed by atoms with Crippen LogP contribution in [0.4, 0.5) is 4.39 Å². The molecule has 4 aliphatic heterocycles. The van der Waals surface area contributed by atoms with Crippen molar-refractivity contribution in [2.75, 3.05) is 72.7 Å². The molecule has 41 heavy (non-hydrogen) atoms. The topological polar surface area (TPSA) is 74.8 Å². The van der Waals surface area contributed by atoms with Gasteiger partial charge in [-0.05, 0) is 37.5 Å². The molecule has 9 unspecified atom stereocenters. The van der Waals surface area contributed by atoms with E-state index in [9.17, 15) is 9.59 Å². The number of hydrogen-bond donors (Lipinski definition) is 0. The summed E-state index contributed by atoms with van der Waals surface area (Å²) in [5.74, 6) is 0.221. The summed E-state index contributed by atoms with van der Waals surface area (Å²) in [6.07, 6.45) is 7.60. The fourth-order valence-corrected chi connectivity index (χ4v) is 9.41. The molecule has 0 aromatic carbocycles. The van der Waals surface area contributed by atoms with Crippen molar-refractivity contribution < 1.29 is 28.2 Å². The summed E-state index contributed by atoms with van der Waals surface area (Å²) in [6, 6.07) is -0.429. The van der Waals surface area contributed by atoms with Crippen LogP contribution in [0.1, 0.15) is 44.9 Å². The van der Waals surface area contributed by atoms with Crippen LogP contribution in [0.25, 0.3) is 0 Å². The number of carbonyl (C=O) groups is 2. The van der Waals surface area contributed by atoms with Gasteiger partial charge in [-0.3, -0.25) is 19.4 Å². The molecule has 228 valence electrons. The Morgan fingerprint density at radius 1 is 1.00 bits per heavy atom. The molecule has 3 aliphatic carbocycles. The largest absolute Gasteiger partial charge is 0.383 e. The van der Waals surface area contributed by atoms with Crippen LogP contribution in [0.5, 0.6) is 0 Å². The SMILES string of the molecule is COCCN1CCN(C2C(F)CC3C(=O)C(C(=O)N4CCOCC4)=CN4C5C(CCC6CCCCC65)OC2C34)CC1. The monoisotopic (exact) mass is 574 g/mol. The second kappa shape index (κ2) is 11.8. The minimum Gasteiger partial charge on any atom is -0.383 e. The fourth-order valence-electron chi connectivity index (χ4n) is 9.41. The maximum absolute atomic E-state index is 16.4. The highest BCUT2D eigenvalue weighted by molar-refractivity contribution is 6.20. The van der Waals surface area contributed by atoms with E-state index in [0.29, 0.717) is 44.7 Å². The number of rotatable bonds is 5. The highest BCUT2D eigenvalue weighted by Crippen LogP contribution is 2.51. The second-order valence-electron chi connectivity index (χ2n) is 13.4. The number of piperazine rings is 1. The number of ketones is 1. The smallest absolute Gasteiger partial charge is 0.259 e. The molecule has 7 rings (SSSR count). The molecule has 3 saturated carbocycles. The zero-order valence-corrected chi connectivity index (χ0v) is 24.5. The van der Waals surface area contributed by atoms with E-state index < -0.39 is 12.1 Å². The van der Waals surface area contributed by atoms with Crippen molar-refractivity contribution in [1.82, 2.24) is 19.6 Å². The number of ether oxygens (including phenoxy) is 3. The molecular formula is C31H47FN4O5. The first-order chi connectivity index (χ1) is 20.0. The van der Waals surface area contributed by atoms with Crippen LogP contribution in [0, 0.1) is 17.8 Å². The molecule has 0 aromatic rings. The Morgan fingerprint density at radius 2 is 1.78 bits per heavy atom. The van der Waals surface area contributed by atoms with E-state index in [1.165, 1.54) is 25.7 Å². The Labute approximate surface area is 243 Å². The molecule has 0 radical (unpaired) electrons. The Bertz CT molecular complexity index is 1010. The summed E-state index contributed by atoms with van der Waals surface area (Å²) in [5, 5.41) is 0. The van der Waals surface area contributed by atoms with E-state index in [0.717, 1.165) is 45.6 Å². The Morgan fingerprint density at radius 3 is 2.56 bits per heavy atom. The van der Waals surface area contributed by atoms with Gasteiger partial charge in [-0.25, -0.2) is 4.39 Å². The number of morpholine rings is 2. The second-order valence-corrected chi connectivity index (χ2v) is 13.4. The van der Waals surface area contributed by atoms with Gasteiger partial charge in [0.25, 0.3) is 5.91 Å². The van der Waals surface area contributed by atoms with Crippen molar-refractivity contribution in [1.29, 1.82) is 0 Å². The van der Waals surface area contributed by atoms with E-state index in [-0.39, 0.29) is 54.0 Å². The number of nitrogens with zero attached hydrogens (tertiary/aromatic N) is 4. The zero-order valence-electron chi connectivity index (χ0n) is 24.5. The number of methoxy groups -OCH3 is 1. The van der Waals surface area contributed by atoms with Crippen LogP contribution in [0.3, 0.4) is 0 Å². The Kier molecular flexibility index (Phi) is 8.14. The number of amides is 1. The van der Waals surface area contributed by atoms with Gasteiger partial charge in [0.15, 0.2) is 5.78 Å². The van der Waals surface area contributed by atoms with Crippen LogP contribution in [0.15, 0.2) is 11.8 Å². The van der Waals surface area contributed by atoms with Gasteiger partial charge in [0, 0.05) is 65.0 Å². The van der Waals surface area contributed by atoms with E-state index in [4.69, 9.17) is 14.2 Å². The van der Waals surface area contributed by atoms with Crippen LogP contribution in [-0.2, 0) is 23.8 Å². The quantitative estimate of drug-likeness (QED) is 0.460. The van der Waals surface area contributed by atoms with Gasteiger partial charge in [-0.15, -0.1) is 0 Å². The average Bonchev–Trinajstić information content (AvgIpc) is 3.01. The average molecular weight is 575 g/mol. The molecule has 1 amide bonds. The Balaban J connectivity index is 1.21. The van der Waals surface area contributed by atoms with E-state index in [2.05, 4.69) is 14.7 Å². The third kappa shape index (κ3) is 5.05. The molecule has 0 N–H and O–H groups in total. The lowest BCUT2D eigenvalue weighted by atomic mass is 9.63. The summed E-state index contributed by atoms with van der Waals surface area (Å²) in [7, 11) is 1.72. The third-order valence-electron chi connectivity index (χ3n) is 11.4. The molecule has 10 heteroatoms. The number of alkyl halides is 1. The van der Waals surface area contributed by atoms with Crippen molar-refractivity contribution in [2.24, 2.45) is 17.8 Å². The van der Waals surface area contributed by atoms with Crippen molar-refractivity contribution in [3.8, 4) is 0 Å². The molecule has 7 aliphatic rings. The molecule has 9 atom stereocenters. The maximum atomic E-state index is 16.4. The van der Waals surface area contributed by atoms with E-state index in [1.807, 2.05) is 6.20 Å². The fraction of sp³-hybridized carbons (Fsp3) is 0.871. The molecule has 0 aromatic heterocycles.